The van der Waals surface area contributed by atoms with Gasteiger partial charge >= 0.3 is 0 Å². The van der Waals surface area contributed by atoms with E-state index in [0.717, 1.165) is 17.3 Å². The zero-order valence-corrected chi connectivity index (χ0v) is 14.0. The molecule has 3 rings (SSSR count). The van der Waals surface area contributed by atoms with Crippen LogP contribution in [0.25, 0.3) is 11.1 Å². The number of phenolic OH excluding ortho intramolecular Hbond substituents is 2. The largest absolute Gasteiger partial charge is 0.508 e. The molecule has 2 aromatic carbocycles. The molecule has 0 aliphatic heterocycles. The molecule has 0 bridgehead atoms. The van der Waals surface area contributed by atoms with E-state index >= 15 is 0 Å². The van der Waals surface area contributed by atoms with E-state index in [-0.39, 0.29) is 22.1 Å². The van der Waals surface area contributed by atoms with Crippen LogP contribution in [0.3, 0.4) is 0 Å². The normalized spacial score (nSPS) is 10.6. The molecule has 0 saturated carbocycles. The summed E-state index contributed by atoms with van der Waals surface area (Å²) < 4.78 is 14.1. The van der Waals surface area contributed by atoms with Crippen molar-refractivity contribution in [2.75, 3.05) is 11.9 Å². The molecule has 128 valence electrons. The molecule has 0 spiro atoms. The van der Waals surface area contributed by atoms with E-state index in [0.29, 0.717) is 18.5 Å². The monoisotopic (exact) mass is 358 g/mol. The number of anilines is 1. The number of hydrogen-bond donors (Lipinski definition) is 3. The van der Waals surface area contributed by atoms with Crippen LogP contribution in [0, 0.1) is 5.82 Å². The Labute approximate surface area is 149 Å². The molecule has 4 nitrogen and oxygen atoms in total. The van der Waals surface area contributed by atoms with Crippen LogP contribution in [0.1, 0.15) is 5.56 Å². The van der Waals surface area contributed by atoms with Crippen molar-refractivity contribution < 1.29 is 14.6 Å². The van der Waals surface area contributed by atoms with E-state index in [1.807, 2.05) is 12.1 Å². The fourth-order valence-electron chi connectivity index (χ4n) is 2.51. The maximum absolute atomic E-state index is 14.1. The molecule has 1 heterocycles. The summed E-state index contributed by atoms with van der Waals surface area (Å²) in [5.41, 5.74) is 2.37. The highest BCUT2D eigenvalue weighted by atomic mass is 35.5. The fraction of sp³-hybridized carbons (Fsp3) is 0.105. The predicted octanol–water partition coefficient (Wildman–Crippen LogP) is 4.61. The number of nitrogens with one attached hydrogen (secondary N) is 1. The lowest BCUT2D eigenvalue weighted by Crippen LogP contribution is -2.05. The van der Waals surface area contributed by atoms with Gasteiger partial charge in [-0.25, -0.2) is 4.39 Å². The van der Waals surface area contributed by atoms with Gasteiger partial charge in [0.05, 0.1) is 10.7 Å². The lowest BCUT2D eigenvalue weighted by atomic mass is 10.1. The average molecular weight is 359 g/mol. The van der Waals surface area contributed by atoms with Gasteiger partial charge in [-0.05, 0) is 30.2 Å². The summed E-state index contributed by atoms with van der Waals surface area (Å²) in [5, 5.41) is 22.5. The summed E-state index contributed by atoms with van der Waals surface area (Å²) in [4.78, 5) is 4.11. The first-order valence-corrected chi connectivity index (χ1v) is 8.06. The van der Waals surface area contributed by atoms with Gasteiger partial charge in [-0.15, -0.1) is 0 Å². The predicted molar refractivity (Wildman–Crippen MR) is 96.6 cm³/mol. The summed E-state index contributed by atoms with van der Waals surface area (Å²) in [7, 11) is 0. The van der Waals surface area contributed by atoms with Gasteiger partial charge in [0.25, 0.3) is 0 Å². The minimum Gasteiger partial charge on any atom is -0.508 e. The molecule has 3 aromatic rings. The molecule has 25 heavy (non-hydrogen) atoms. The standard InChI is InChI=1S/C19H16ClFN2O2/c20-16-8-15(17(21)9-19(16)25)13-7-14(11-22-10-13)23-6-5-12-3-1-2-4-18(12)24/h1-4,7-11,23-25H,5-6H2. The second-order valence-corrected chi connectivity index (χ2v) is 5.96. The minimum atomic E-state index is -0.574. The summed E-state index contributed by atoms with van der Waals surface area (Å²) in [6.45, 7) is 0.585. The average Bonchev–Trinajstić information content (AvgIpc) is 2.60. The highest BCUT2D eigenvalue weighted by Crippen LogP contribution is 2.32. The first-order valence-electron chi connectivity index (χ1n) is 7.69. The number of pyridine rings is 1. The zero-order valence-electron chi connectivity index (χ0n) is 13.2. The first-order chi connectivity index (χ1) is 12.0. The van der Waals surface area contributed by atoms with E-state index in [4.69, 9.17) is 11.6 Å². The molecule has 0 aliphatic rings. The Morgan fingerprint density at radius 1 is 1.04 bits per heavy atom. The van der Waals surface area contributed by atoms with Crippen molar-refractivity contribution in [3.8, 4) is 22.6 Å². The van der Waals surface area contributed by atoms with Gasteiger partial charge in [0, 0.05) is 36.1 Å². The van der Waals surface area contributed by atoms with E-state index in [2.05, 4.69) is 10.3 Å². The van der Waals surface area contributed by atoms with Gasteiger partial charge in [0.2, 0.25) is 0 Å². The van der Waals surface area contributed by atoms with E-state index in [9.17, 15) is 14.6 Å². The van der Waals surface area contributed by atoms with Crippen LogP contribution in [-0.4, -0.2) is 21.7 Å². The number of aromatic hydroxyl groups is 2. The van der Waals surface area contributed by atoms with Crippen molar-refractivity contribution in [1.82, 2.24) is 4.98 Å². The first kappa shape index (κ1) is 17.0. The summed E-state index contributed by atoms with van der Waals surface area (Å²) >= 11 is 5.87. The fourth-order valence-corrected chi connectivity index (χ4v) is 2.67. The van der Waals surface area contributed by atoms with Crippen molar-refractivity contribution in [3.05, 3.63) is 71.3 Å². The Morgan fingerprint density at radius 3 is 2.64 bits per heavy atom. The van der Waals surface area contributed by atoms with Crippen molar-refractivity contribution in [2.45, 2.75) is 6.42 Å². The number of benzene rings is 2. The molecule has 0 amide bonds. The highest BCUT2D eigenvalue weighted by Gasteiger charge is 2.11. The molecular weight excluding hydrogens is 343 g/mol. The maximum Gasteiger partial charge on any atom is 0.137 e. The third-order valence-corrected chi connectivity index (χ3v) is 4.10. The minimum absolute atomic E-state index is 0.0781. The second-order valence-electron chi connectivity index (χ2n) is 5.55. The Bertz CT molecular complexity index is 902. The molecule has 0 unspecified atom stereocenters. The van der Waals surface area contributed by atoms with Crippen molar-refractivity contribution >= 4 is 17.3 Å². The SMILES string of the molecule is Oc1cc(F)c(-c2cncc(NCCc3ccccc3O)c2)cc1Cl. The summed E-state index contributed by atoms with van der Waals surface area (Å²) in [6.07, 6.45) is 3.80. The molecule has 0 saturated heterocycles. The van der Waals surface area contributed by atoms with Crippen LogP contribution in [-0.2, 0) is 6.42 Å². The third kappa shape index (κ3) is 4.00. The van der Waals surface area contributed by atoms with Crippen molar-refractivity contribution in [3.63, 3.8) is 0 Å². The number of para-hydroxylation sites is 1. The summed E-state index contributed by atoms with van der Waals surface area (Å²) in [6, 6.07) is 11.3. The molecule has 0 aliphatic carbocycles. The maximum atomic E-state index is 14.1. The van der Waals surface area contributed by atoms with Crippen molar-refractivity contribution in [1.29, 1.82) is 0 Å². The van der Waals surface area contributed by atoms with E-state index in [1.54, 1.807) is 24.4 Å². The molecule has 1 aromatic heterocycles. The van der Waals surface area contributed by atoms with Crippen LogP contribution in [0.5, 0.6) is 11.5 Å². The molecule has 3 N–H and O–H groups in total. The molecular formula is C19H16ClFN2O2. The number of rotatable bonds is 5. The Kier molecular flexibility index (Phi) is 5.05. The van der Waals surface area contributed by atoms with Crippen LogP contribution in [0.2, 0.25) is 5.02 Å². The quantitative estimate of drug-likeness (QED) is 0.623. The summed E-state index contributed by atoms with van der Waals surface area (Å²) in [5.74, 6) is -0.611. The van der Waals surface area contributed by atoms with Gasteiger partial charge < -0.3 is 15.5 Å². The number of nitrogens with zero attached hydrogens (tertiary/aromatic N) is 1. The van der Waals surface area contributed by atoms with E-state index < -0.39 is 5.82 Å². The molecule has 0 radical (unpaired) electrons. The number of hydrogen-bond acceptors (Lipinski definition) is 4. The lowest BCUT2D eigenvalue weighted by molar-refractivity contribution is 0.468. The smallest absolute Gasteiger partial charge is 0.137 e. The van der Waals surface area contributed by atoms with Gasteiger partial charge in [0.1, 0.15) is 17.3 Å². The number of aromatic nitrogens is 1. The number of halogens is 2. The molecule has 6 heteroatoms. The molecule has 0 fully saturated rings. The van der Waals surface area contributed by atoms with Gasteiger partial charge in [-0.3, -0.25) is 4.98 Å². The highest BCUT2D eigenvalue weighted by molar-refractivity contribution is 6.32. The topological polar surface area (TPSA) is 65.4 Å². The zero-order chi connectivity index (χ0) is 17.8. The van der Waals surface area contributed by atoms with Crippen LogP contribution < -0.4 is 5.32 Å². The van der Waals surface area contributed by atoms with Gasteiger partial charge in [-0.2, -0.15) is 0 Å². The molecule has 0 atom stereocenters. The van der Waals surface area contributed by atoms with E-state index in [1.165, 1.54) is 12.3 Å². The van der Waals surface area contributed by atoms with Gasteiger partial charge in [0.15, 0.2) is 0 Å². The van der Waals surface area contributed by atoms with Crippen LogP contribution in [0.4, 0.5) is 10.1 Å². The third-order valence-electron chi connectivity index (χ3n) is 3.80. The number of phenols is 2. The second kappa shape index (κ2) is 7.40. The van der Waals surface area contributed by atoms with Crippen LogP contribution in [0.15, 0.2) is 54.9 Å². The Balaban J connectivity index is 1.74. The van der Waals surface area contributed by atoms with Gasteiger partial charge in [-0.1, -0.05) is 29.8 Å². The van der Waals surface area contributed by atoms with Crippen molar-refractivity contribution in [2.24, 2.45) is 0 Å². The lowest BCUT2D eigenvalue weighted by Gasteiger charge is -2.10. The Morgan fingerprint density at radius 2 is 1.84 bits per heavy atom. The van der Waals surface area contributed by atoms with Crippen LogP contribution >= 0.6 is 11.6 Å². The Hall–Kier alpha value is -2.79.